The van der Waals surface area contributed by atoms with Gasteiger partial charge in [-0.1, -0.05) is 30.0 Å². The fourth-order valence-electron chi connectivity index (χ4n) is 0.767. The molecule has 3 nitrogen and oxygen atoms in total. The average molecular weight is 203 g/mol. The molecular formula is C7H13N3S2. The Bertz CT molecular complexity index is 232. The van der Waals surface area contributed by atoms with Crippen molar-refractivity contribution in [3.8, 4) is 0 Å². The molecule has 0 spiro atoms. The van der Waals surface area contributed by atoms with Crippen molar-refractivity contribution in [2.75, 3.05) is 6.54 Å². The maximum Gasteiger partial charge on any atom is 0.174 e. The number of nitrogens with zero attached hydrogens (tertiary/aromatic N) is 2. The molecule has 0 saturated carbocycles. The van der Waals surface area contributed by atoms with E-state index in [1.807, 2.05) is 6.92 Å². The number of hydrogen-bond acceptors (Lipinski definition) is 5. The lowest BCUT2D eigenvalue weighted by Gasteiger charge is -2.07. The summed E-state index contributed by atoms with van der Waals surface area (Å²) in [6, 6.07) is 0. The molecule has 0 aliphatic rings. The largest absolute Gasteiger partial charge is 0.329 e. The van der Waals surface area contributed by atoms with E-state index in [0.29, 0.717) is 11.8 Å². The molecule has 1 rings (SSSR count). The van der Waals surface area contributed by atoms with Crippen LogP contribution in [0.4, 0.5) is 0 Å². The van der Waals surface area contributed by atoms with Crippen LogP contribution in [0, 0.1) is 6.92 Å². The second-order valence-electron chi connectivity index (χ2n) is 2.47. The van der Waals surface area contributed by atoms with Gasteiger partial charge in [0.25, 0.3) is 0 Å². The zero-order valence-electron chi connectivity index (χ0n) is 7.28. The van der Waals surface area contributed by atoms with Gasteiger partial charge in [-0.25, -0.2) is 0 Å². The van der Waals surface area contributed by atoms with E-state index in [2.05, 4.69) is 17.1 Å². The predicted molar refractivity (Wildman–Crippen MR) is 53.6 cm³/mol. The minimum absolute atomic E-state index is 0.484. The molecule has 0 saturated heterocycles. The molecular weight excluding hydrogens is 190 g/mol. The Labute approximate surface area is 80.8 Å². The van der Waals surface area contributed by atoms with Gasteiger partial charge in [-0.3, -0.25) is 0 Å². The summed E-state index contributed by atoms with van der Waals surface area (Å²) in [6.45, 7) is 4.81. The smallest absolute Gasteiger partial charge is 0.174 e. The van der Waals surface area contributed by atoms with Crippen LogP contribution >= 0.6 is 23.1 Å². The Kier molecular flexibility index (Phi) is 3.97. The molecule has 12 heavy (non-hydrogen) atoms. The van der Waals surface area contributed by atoms with Crippen LogP contribution in [0.1, 0.15) is 18.4 Å². The zero-order valence-corrected chi connectivity index (χ0v) is 8.91. The maximum atomic E-state index is 5.57. The normalized spacial score (nSPS) is 13.2. The first-order valence-corrected chi connectivity index (χ1v) is 5.62. The van der Waals surface area contributed by atoms with E-state index in [9.17, 15) is 0 Å². The fourth-order valence-corrected chi connectivity index (χ4v) is 2.78. The van der Waals surface area contributed by atoms with Crippen LogP contribution < -0.4 is 5.73 Å². The third-order valence-corrected chi connectivity index (χ3v) is 3.81. The van der Waals surface area contributed by atoms with Gasteiger partial charge in [-0.2, -0.15) is 0 Å². The number of hydrogen-bond donors (Lipinski definition) is 1. The molecule has 5 heteroatoms. The van der Waals surface area contributed by atoms with Gasteiger partial charge >= 0.3 is 0 Å². The van der Waals surface area contributed by atoms with Crippen molar-refractivity contribution in [3.63, 3.8) is 0 Å². The highest BCUT2D eigenvalue weighted by Gasteiger charge is 2.08. The Balaban J connectivity index is 2.50. The SMILES string of the molecule is CCC(CN)Sc1nnc(C)s1. The maximum absolute atomic E-state index is 5.57. The Morgan fingerprint density at radius 1 is 1.58 bits per heavy atom. The average Bonchev–Trinajstić information content (AvgIpc) is 2.47. The summed E-state index contributed by atoms with van der Waals surface area (Å²) in [7, 11) is 0. The standard InChI is InChI=1S/C7H13N3S2/c1-3-6(4-8)12-7-10-9-5(2)11-7/h6H,3-4,8H2,1-2H3. The first-order chi connectivity index (χ1) is 5.76. The van der Waals surface area contributed by atoms with E-state index < -0.39 is 0 Å². The van der Waals surface area contributed by atoms with Gasteiger partial charge in [0.05, 0.1) is 0 Å². The van der Waals surface area contributed by atoms with Crippen molar-refractivity contribution in [1.29, 1.82) is 0 Å². The van der Waals surface area contributed by atoms with Gasteiger partial charge in [-0.05, 0) is 13.3 Å². The molecule has 0 aromatic carbocycles. The number of rotatable bonds is 4. The molecule has 0 fully saturated rings. The van der Waals surface area contributed by atoms with Gasteiger partial charge < -0.3 is 5.73 Å². The van der Waals surface area contributed by atoms with E-state index in [-0.39, 0.29) is 0 Å². The van der Waals surface area contributed by atoms with E-state index in [4.69, 9.17) is 5.73 Å². The topological polar surface area (TPSA) is 51.8 Å². The number of aromatic nitrogens is 2. The third-order valence-electron chi connectivity index (χ3n) is 1.49. The van der Waals surface area contributed by atoms with Crippen LogP contribution in [-0.4, -0.2) is 22.0 Å². The molecule has 1 aromatic rings. The van der Waals surface area contributed by atoms with Gasteiger partial charge in [0.1, 0.15) is 5.01 Å². The third kappa shape index (κ3) is 2.73. The van der Waals surface area contributed by atoms with Crippen molar-refractivity contribution >= 4 is 23.1 Å². The van der Waals surface area contributed by atoms with Crippen molar-refractivity contribution in [1.82, 2.24) is 10.2 Å². The van der Waals surface area contributed by atoms with E-state index in [1.165, 1.54) is 0 Å². The number of thioether (sulfide) groups is 1. The molecule has 2 N–H and O–H groups in total. The highest BCUT2D eigenvalue weighted by Crippen LogP contribution is 2.27. The van der Waals surface area contributed by atoms with Crippen LogP contribution in [0.15, 0.2) is 4.34 Å². The highest BCUT2D eigenvalue weighted by molar-refractivity contribution is 8.01. The minimum Gasteiger partial charge on any atom is -0.329 e. The molecule has 1 aromatic heterocycles. The Morgan fingerprint density at radius 2 is 2.33 bits per heavy atom. The van der Waals surface area contributed by atoms with E-state index in [0.717, 1.165) is 15.8 Å². The quantitative estimate of drug-likeness (QED) is 0.756. The lowest BCUT2D eigenvalue weighted by Crippen LogP contribution is -2.15. The van der Waals surface area contributed by atoms with Gasteiger partial charge in [0, 0.05) is 11.8 Å². The summed E-state index contributed by atoms with van der Waals surface area (Å²) < 4.78 is 1.03. The second kappa shape index (κ2) is 4.79. The van der Waals surface area contributed by atoms with Gasteiger partial charge in [0.15, 0.2) is 4.34 Å². The molecule has 0 amide bonds. The van der Waals surface area contributed by atoms with Crippen LogP contribution in [0.5, 0.6) is 0 Å². The Morgan fingerprint density at radius 3 is 2.75 bits per heavy atom. The highest BCUT2D eigenvalue weighted by atomic mass is 32.2. The van der Waals surface area contributed by atoms with Crippen molar-refractivity contribution in [3.05, 3.63) is 5.01 Å². The summed E-state index contributed by atoms with van der Waals surface area (Å²) in [5.74, 6) is 0. The van der Waals surface area contributed by atoms with Gasteiger partial charge in [0.2, 0.25) is 0 Å². The van der Waals surface area contributed by atoms with E-state index >= 15 is 0 Å². The second-order valence-corrected chi connectivity index (χ2v) is 5.20. The lowest BCUT2D eigenvalue weighted by atomic mass is 10.3. The fraction of sp³-hybridized carbons (Fsp3) is 0.714. The molecule has 1 heterocycles. The van der Waals surface area contributed by atoms with Crippen molar-refractivity contribution in [2.24, 2.45) is 5.73 Å². The van der Waals surface area contributed by atoms with Crippen LogP contribution in [0.3, 0.4) is 0 Å². The summed E-state index contributed by atoms with van der Waals surface area (Å²) in [4.78, 5) is 0. The predicted octanol–water partition coefficient (Wildman–Crippen LogP) is 1.68. The summed E-state index contributed by atoms with van der Waals surface area (Å²) in [5, 5.41) is 9.47. The summed E-state index contributed by atoms with van der Waals surface area (Å²) >= 11 is 3.36. The monoisotopic (exact) mass is 203 g/mol. The van der Waals surface area contributed by atoms with Crippen molar-refractivity contribution in [2.45, 2.75) is 29.9 Å². The first kappa shape index (κ1) is 9.95. The molecule has 1 atom stereocenters. The van der Waals surface area contributed by atoms with E-state index in [1.54, 1.807) is 23.1 Å². The molecule has 0 radical (unpaired) electrons. The van der Waals surface area contributed by atoms with Crippen LogP contribution in [-0.2, 0) is 0 Å². The van der Waals surface area contributed by atoms with Crippen LogP contribution in [0.2, 0.25) is 0 Å². The first-order valence-electron chi connectivity index (χ1n) is 3.93. The molecule has 68 valence electrons. The van der Waals surface area contributed by atoms with Gasteiger partial charge in [-0.15, -0.1) is 10.2 Å². The molecule has 0 bridgehead atoms. The zero-order chi connectivity index (χ0) is 8.97. The summed E-state index contributed by atoms with van der Waals surface area (Å²) in [5.41, 5.74) is 5.57. The van der Waals surface area contributed by atoms with Crippen molar-refractivity contribution < 1.29 is 0 Å². The lowest BCUT2D eigenvalue weighted by molar-refractivity contribution is 0.824. The summed E-state index contributed by atoms with van der Waals surface area (Å²) in [6.07, 6.45) is 1.08. The number of aryl methyl sites for hydroxylation is 1. The minimum atomic E-state index is 0.484. The molecule has 0 aliphatic heterocycles. The van der Waals surface area contributed by atoms with Crippen LogP contribution in [0.25, 0.3) is 0 Å². The number of nitrogens with two attached hydrogens (primary N) is 1. The Hall–Kier alpha value is -0.130. The molecule has 1 unspecified atom stereocenters. The molecule has 0 aliphatic carbocycles.